The molecule has 1 N–H and O–H groups in total. The maximum absolute atomic E-state index is 10.4. The Morgan fingerprint density at radius 2 is 2.12 bits per heavy atom. The molecule has 1 saturated heterocycles. The third-order valence-electron chi connectivity index (χ3n) is 2.91. The Morgan fingerprint density at radius 1 is 1.31 bits per heavy atom. The highest BCUT2D eigenvalue weighted by Crippen LogP contribution is 2.38. The number of hydrogen-bond acceptors (Lipinski definition) is 4. The second-order valence-corrected chi connectivity index (χ2v) is 3.90. The topological polar surface area (TPSA) is 47.9 Å². The molecule has 0 radical (unpaired) electrons. The fourth-order valence-corrected chi connectivity index (χ4v) is 1.94. The Labute approximate surface area is 94.8 Å². The predicted octanol–water partition coefficient (Wildman–Crippen LogP) is 1.31. The molecule has 0 aliphatic carbocycles. The van der Waals surface area contributed by atoms with Gasteiger partial charge in [-0.25, -0.2) is 0 Å². The summed E-state index contributed by atoms with van der Waals surface area (Å²) >= 11 is 0. The standard InChI is InChI=1S/C12H16O4/c1-14-9-3-4-11(15-2)10(7-9)12(13)5-6-16-8-12/h3-4,7,13H,5-6,8H2,1-2H3. The molecule has 0 amide bonds. The van der Waals surface area contributed by atoms with Crippen LogP contribution in [0.3, 0.4) is 0 Å². The second kappa shape index (κ2) is 4.31. The van der Waals surface area contributed by atoms with Crippen LogP contribution in [0.4, 0.5) is 0 Å². The molecule has 16 heavy (non-hydrogen) atoms. The quantitative estimate of drug-likeness (QED) is 0.841. The molecule has 88 valence electrons. The van der Waals surface area contributed by atoms with Crippen molar-refractivity contribution in [3.05, 3.63) is 23.8 Å². The molecule has 1 aliphatic heterocycles. The molecular weight excluding hydrogens is 208 g/mol. The van der Waals surface area contributed by atoms with E-state index in [1.54, 1.807) is 26.4 Å². The average molecular weight is 224 g/mol. The van der Waals surface area contributed by atoms with E-state index in [1.807, 2.05) is 6.07 Å². The van der Waals surface area contributed by atoms with Gasteiger partial charge in [-0.1, -0.05) is 0 Å². The first-order valence-corrected chi connectivity index (χ1v) is 5.22. The molecule has 2 rings (SSSR count). The molecule has 0 spiro atoms. The zero-order valence-electron chi connectivity index (χ0n) is 9.53. The maximum Gasteiger partial charge on any atom is 0.125 e. The van der Waals surface area contributed by atoms with Crippen LogP contribution in [0.1, 0.15) is 12.0 Å². The van der Waals surface area contributed by atoms with E-state index in [1.165, 1.54) is 0 Å². The lowest BCUT2D eigenvalue weighted by molar-refractivity contribution is 0.0210. The van der Waals surface area contributed by atoms with E-state index in [-0.39, 0.29) is 0 Å². The van der Waals surface area contributed by atoms with Crippen LogP contribution < -0.4 is 9.47 Å². The summed E-state index contributed by atoms with van der Waals surface area (Å²) in [5, 5.41) is 10.4. The summed E-state index contributed by atoms with van der Waals surface area (Å²) in [6.45, 7) is 0.868. The summed E-state index contributed by atoms with van der Waals surface area (Å²) in [6.07, 6.45) is 0.580. The summed E-state index contributed by atoms with van der Waals surface area (Å²) in [7, 11) is 3.19. The van der Waals surface area contributed by atoms with Crippen LogP contribution in [-0.2, 0) is 10.3 Å². The fraction of sp³-hybridized carbons (Fsp3) is 0.500. The molecule has 1 aromatic carbocycles. The van der Waals surface area contributed by atoms with Crippen molar-refractivity contribution in [2.75, 3.05) is 27.4 Å². The molecule has 1 fully saturated rings. The molecule has 4 nitrogen and oxygen atoms in total. The van der Waals surface area contributed by atoms with Crippen LogP contribution in [0, 0.1) is 0 Å². The van der Waals surface area contributed by atoms with Crippen molar-refractivity contribution in [3.8, 4) is 11.5 Å². The molecule has 0 aromatic heterocycles. The van der Waals surface area contributed by atoms with Gasteiger partial charge in [-0.15, -0.1) is 0 Å². The minimum atomic E-state index is -0.958. The van der Waals surface area contributed by atoms with Crippen molar-refractivity contribution in [2.24, 2.45) is 0 Å². The Hall–Kier alpha value is -1.26. The number of aliphatic hydroxyl groups is 1. The fourth-order valence-electron chi connectivity index (χ4n) is 1.94. The van der Waals surface area contributed by atoms with Gasteiger partial charge in [0.05, 0.1) is 20.8 Å². The lowest BCUT2D eigenvalue weighted by atomic mass is 9.92. The van der Waals surface area contributed by atoms with Crippen LogP contribution in [0.15, 0.2) is 18.2 Å². The third-order valence-corrected chi connectivity index (χ3v) is 2.91. The first-order valence-electron chi connectivity index (χ1n) is 5.22. The first-order chi connectivity index (χ1) is 7.69. The summed E-state index contributed by atoms with van der Waals surface area (Å²) in [4.78, 5) is 0. The van der Waals surface area contributed by atoms with E-state index in [4.69, 9.17) is 14.2 Å². The van der Waals surface area contributed by atoms with Gasteiger partial charge in [0.25, 0.3) is 0 Å². The van der Waals surface area contributed by atoms with Gasteiger partial charge in [0.1, 0.15) is 17.1 Å². The van der Waals surface area contributed by atoms with Crippen molar-refractivity contribution in [2.45, 2.75) is 12.0 Å². The van der Waals surface area contributed by atoms with Crippen LogP contribution in [0.2, 0.25) is 0 Å². The Kier molecular flexibility index (Phi) is 3.03. The summed E-state index contributed by atoms with van der Waals surface area (Å²) in [6, 6.07) is 5.40. The number of rotatable bonds is 3. The Morgan fingerprint density at radius 3 is 2.69 bits per heavy atom. The van der Waals surface area contributed by atoms with Crippen LogP contribution in [0.5, 0.6) is 11.5 Å². The lowest BCUT2D eigenvalue weighted by Crippen LogP contribution is -2.26. The van der Waals surface area contributed by atoms with E-state index in [0.29, 0.717) is 31.1 Å². The normalized spacial score (nSPS) is 24.4. The largest absolute Gasteiger partial charge is 0.497 e. The highest BCUT2D eigenvalue weighted by molar-refractivity contribution is 5.44. The van der Waals surface area contributed by atoms with Gasteiger partial charge in [0.15, 0.2) is 0 Å². The number of ether oxygens (including phenoxy) is 3. The van der Waals surface area contributed by atoms with E-state index < -0.39 is 5.60 Å². The van der Waals surface area contributed by atoms with E-state index in [0.717, 1.165) is 5.56 Å². The predicted molar refractivity (Wildman–Crippen MR) is 58.9 cm³/mol. The maximum atomic E-state index is 10.4. The van der Waals surface area contributed by atoms with E-state index in [9.17, 15) is 5.11 Å². The minimum Gasteiger partial charge on any atom is -0.497 e. The first kappa shape index (κ1) is 11.2. The van der Waals surface area contributed by atoms with Gasteiger partial charge in [-0.2, -0.15) is 0 Å². The van der Waals surface area contributed by atoms with Gasteiger partial charge in [-0.3, -0.25) is 0 Å². The third kappa shape index (κ3) is 1.86. The SMILES string of the molecule is COc1ccc(OC)c(C2(O)CCOC2)c1. The zero-order chi connectivity index (χ0) is 11.6. The van der Waals surface area contributed by atoms with Crippen molar-refractivity contribution in [1.82, 2.24) is 0 Å². The Balaban J connectivity index is 2.43. The molecule has 1 heterocycles. The van der Waals surface area contributed by atoms with E-state index >= 15 is 0 Å². The van der Waals surface area contributed by atoms with Crippen LogP contribution in [0.25, 0.3) is 0 Å². The summed E-state index contributed by atoms with van der Waals surface area (Å²) in [5.74, 6) is 1.37. The molecule has 4 heteroatoms. The van der Waals surface area contributed by atoms with E-state index in [2.05, 4.69) is 0 Å². The highest BCUT2D eigenvalue weighted by atomic mass is 16.5. The number of methoxy groups -OCH3 is 2. The highest BCUT2D eigenvalue weighted by Gasteiger charge is 2.37. The molecule has 0 bridgehead atoms. The van der Waals surface area contributed by atoms with Gasteiger partial charge < -0.3 is 19.3 Å². The minimum absolute atomic E-state index is 0.302. The van der Waals surface area contributed by atoms with Gasteiger partial charge in [0, 0.05) is 18.6 Å². The van der Waals surface area contributed by atoms with Crippen LogP contribution >= 0.6 is 0 Å². The lowest BCUT2D eigenvalue weighted by Gasteiger charge is -2.23. The monoisotopic (exact) mass is 224 g/mol. The molecule has 1 aliphatic rings. The molecule has 0 saturated carbocycles. The van der Waals surface area contributed by atoms with Gasteiger partial charge >= 0.3 is 0 Å². The molecule has 1 unspecified atom stereocenters. The molecule has 1 aromatic rings. The number of benzene rings is 1. The van der Waals surface area contributed by atoms with Crippen LogP contribution in [-0.4, -0.2) is 32.5 Å². The van der Waals surface area contributed by atoms with Crippen molar-refractivity contribution < 1.29 is 19.3 Å². The zero-order valence-corrected chi connectivity index (χ0v) is 9.53. The van der Waals surface area contributed by atoms with Crippen molar-refractivity contribution in [3.63, 3.8) is 0 Å². The smallest absolute Gasteiger partial charge is 0.125 e. The van der Waals surface area contributed by atoms with Gasteiger partial charge in [-0.05, 0) is 18.2 Å². The van der Waals surface area contributed by atoms with Crippen molar-refractivity contribution >= 4 is 0 Å². The average Bonchev–Trinajstić information content (AvgIpc) is 2.76. The second-order valence-electron chi connectivity index (χ2n) is 3.90. The molecular formula is C12H16O4. The summed E-state index contributed by atoms with van der Waals surface area (Å²) < 4.78 is 15.6. The van der Waals surface area contributed by atoms with Crippen molar-refractivity contribution in [1.29, 1.82) is 0 Å². The summed E-state index contributed by atoms with van der Waals surface area (Å²) in [5.41, 5.74) is -0.230. The van der Waals surface area contributed by atoms with Gasteiger partial charge in [0.2, 0.25) is 0 Å². The molecule has 1 atom stereocenters. The number of hydrogen-bond donors (Lipinski definition) is 1. The Bertz CT molecular complexity index is 369.